The lowest BCUT2D eigenvalue weighted by molar-refractivity contribution is -0.132. The minimum Gasteiger partial charge on any atom is -0.478 e. The van der Waals surface area contributed by atoms with Gasteiger partial charge in [0, 0.05) is 12.1 Å². The fourth-order valence-electron chi connectivity index (χ4n) is 0.878. The predicted octanol–water partition coefficient (Wildman–Crippen LogP) is 2.04. The highest BCUT2D eigenvalue weighted by Crippen LogP contribution is 2.16. The fourth-order valence-corrected chi connectivity index (χ4v) is 0.878. The van der Waals surface area contributed by atoms with Gasteiger partial charge in [0.2, 0.25) is 0 Å². The molecule has 0 rings (SSSR count). The highest BCUT2D eigenvalue weighted by atomic mass is 16.4. The number of rotatable bonds is 5. The summed E-state index contributed by atoms with van der Waals surface area (Å²) in [6, 6.07) is 0. The Morgan fingerprint density at radius 1 is 1.43 bits per heavy atom. The molecule has 0 aromatic heterocycles. The van der Waals surface area contributed by atoms with Crippen molar-refractivity contribution in [3.05, 3.63) is 11.6 Å². The first-order valence-corrected chi connectivity index (χ1v) is 4.94. The molecule has 0 saturated carbocycles. The Balaban J connectivity index is 3.57. The molecule has 0 bridgehead atoms. The van der Waals surface area contributed by atoms with Gasteiger partial charge in [0.05, 0.1) is 0 Å². The Morgan fingerprint density at radius 3 is 2.43 bits per heavy atom. The lowest BCUT2D eigenvalue weighted by atomic mass is 9.92. The molecule has 0 atom stereocenters. The SMILES string of the molecule is CC(=CCNCCC(C)(C)C)C(=O)O. The zero-order valence-corrected chi connectivity index (χ0v) is 9.55. The largest absolute Gasteiger partial charge is 0.478 e. The van der Waals surface area contributed by atoms with Gasteiger partial charge >= 0.3 is 5.97 Å². The maximum atomic E-state index is 10.4. The van der Waals surface area contributed by atoms with Crippen LogP contribution in [0, 0.1) is 5.41 Å². The zero-order chi connectivity index (χ0) is 11.2. The summed E-state index contributed by atoms with van der Waals surface area (Å²) < 4.78 is 0. The van der Waals surface area contributed by atoms with Crippen molar-refractivity contribution in [1.82, 2.24) is 5.32 Å². The van der Waals surface area contributed by atoms with E-state index < -0.39 is 5.97 Å². The number of hydrogen-bond acceptors (Lipinski definition) is 2. The molecule has 0 aromatic carbocycles. The second-order valence-electron chi connectivity index (χ2n) is 4.71. The Morgan fingerprint density at radius 2 is 2.00 bits per heavy atom. The summed E-state index contributed by atoms with van der Waals surface area (Å²) in [5.41, 5.74) is 0.728. The average Bonchev–Trinajstić information content (AvgIpc) is 2.01. The summed E-state index contributed by atoms with van der Waals surface area (Å²) in [5, 5.41) is 11.8. The number of hydrogen-bond donors (Lipinski definition) is 2. The second-order valence-corrected chi connectivity index (χ2v) is 4.71. The Hall–Kier alpha value is -0.830. The van der Waals surface area contributed by atoms with Crippen molar-refractivity contribution in [2.24, 2.45) is 5.41 Å². The van der Waals surface area contributed by atoms with E-state index in [1.807, 2.05) is 0 Å². The van der Waals surface area contributed by atoms with E-state index in [2.05, 4.69) is 26.1 Å². The van der Waals surface area contributed by atoms with E-state index in [1.54, 1.807) is 13.0 Å². The molecule has 0 heterocycles. The van der Waals surface area contributed by atoms with Crippen LogP contribution in [0.15, 0.2) is 11.6 Å². The molecule has 82 valence electrons. The third-order valence-corrected chi connectivity index (χ3v) is 1.94. The van der Waals surface area contributed by atoms with E-state index in [1.165, 1.54) is 0 Å². The summed E-state index contributed by atoms with van der Waals surface area (Å²) in [5.74, 6) is -0.845. The molecule has 0 spiro atoms. The Bertz CT molecular complexity index is 214. The first-order chi connectivity index (χ1) is 6.33. The molecule has 0 amide bonds. The normalized spacial score (nSPS) is 13.0. The topological polar surface area (TPSA) is 49.3 Å². The molecule has 3 nitrogen and oxygen atoms in total. The van der Waals surface area contributed by atoms with Gasteiger partial charge in [-0.3, -0.25) is 0 Å². The van der Waals surface area contributed by atoms with Gasteiger partial charge in [0.1, 0.15) is 0 Å². The minimum atomic E-state index is -0.845. The van der Waals surface area contributed by atoms with E-state index in [-0.39, 0.29) is 0 Å². The lowest BCUT2D eigenvalue weighted by Gasteiger charge is -2.17. The van der Waals surface area contributed by atoms with E-state index in [9.17, 15) is 4.79 Å². The average molecular weight is 199 g/mol. The predicted molar refractivity (Wildman–Crippen MR) is 58.3 cm³/mol. The Labute approximate surface area is 86.2 Å². The first-order valence-electron chi connectivity index (χ1n) is 4.94. The first kappa shape index (κ1) is 13.2. The summed E-state index contributed by atoms with van der Waals surface area (Å²) >= 11 is 0. The van der Waals surface area contributed by atoms with Crippen LogP contribution in [-0.4, -0.2) is 24.2 Å². The molecule has 0 radical (unpaired) electrons. The van der Waals surface area contributed by atoms with E-state index >= 15 is 0 Å². The fraction of sp³-hybridized carbons (Fsp3) is 0.727. The van der Waals surface area contributed by atoms with Gasteiger partial charge in [-0.05, 0) is 25.3 Å². The highest BCUT2D eigenvalue weighted by molar-refractivity contribution is 5.85. The van der Waals surface area contributed by atoms with Crippen LogP contribution in [0.25, 0.3) is 0 Å². The van der Waals surface area contributed by atoms with Gasteiger partial charge in [0.15, 0.2) is 0 Å². The van der Waals surface area contributed by atoms with E-state index in [4.69, 9.17) is 5.11 Å². The smallest absolute Gasteiger partial charge is 0.330 e. The molecule has 0 aliphatic carbocycles. The Kier molecular flexibility index (Phi) is 5.46. The quantitative estimate of drug-likeness (QED) is 0.526. The van der Waals surface area contributed by atoms with Crippen LogP contribution < -0.4 is 5.32 Å². The molecule has 3 heteroatoms. The van der Waals surface area contributed by atoms with Crippen molar-refractivity contribution >= 4 is 5.97 Å². The molecule has 0 unspecified atom stereocenters. The standard InChI is InChI=1S/C11H21NO2/c1-9(10(13)14)5-7-12-8-6-11(2,3)4/h5,12H,6-8H2,1-4H3,(H,13,14). The molecule has 14 heavy (non-hydrogen) atoms. The van der Waals surface area contributed by atoms with Crippen molar-refractivity contribution < 1.29 is 9.90 Å². The van der Waals surface area contributed by atoms with Crippen LogP contribution in [0.1, 0.15) is 34.1 Å². The monoisotopic (exact) mass is 199 g/mol. The van der Waals surface area contributed by atoms with Crippen molar-refractivity contribution in [1.29, 1.82) is 0 Å². The number of aliphatic carboxylic acids is 1. The minimum absolute atomic E-state index is 0.332. The van der Waals surface area contributed by atoms with Crippen LogP contribution >= 0.6 is 0 Å². The summed E-state index contributed by atoms with van der Waals surface area (Å²) in [4.78, 5) is 10.4. The summed E-state index contributed by atoms with van der Waals surface area (Å²) in [6.45, 7) is 9.72. The maximum absolute atomic E-state index is 10.4. The van der Waals surface area contributed by atoms with Crippen molar-refractivity contribution in [3.63, 3.8) is 0 Å². The van der Waals surface area contributed by atoms with Crippen LogP contribution in [0.3, 0.4) is 0 Å². The van der Waals surface area contributed by atoms with Crippen LogP contribution in [0.4, 0.5) is 0 Å². The lowest BCUT2D eigenvalue weighted by Crippen LogP contribution is -2.21. The van der Waals surface area contributed by atoms with Gasteiger partial charge in [-0.2, -0.15) is 0 Å². The van der Waals surface area contributed by atoms with E-state index in [0.29, 0.717) is 17.5 Å². The third-order valence-electron chi connectivity index (χ3n) is 1.94. The summed E-state index contributed by atoms with van der Waals surface area (Å²) in [7, 11) is 0. The van der Waals surface area contributed by atoms with Crippen LogP contribution in [-0.2, 0) is 4.79 Å². The van der Waals surface area contributed by atoms with Gasteiger partial charge < -0.3 is 10.4 Å². The molecular weight excluding hydrogens is 178 g/mol. The van der Waals surface area contributed by atoms with E-state index in [0.717, 1.165) is 13.0 Å². The number of nitrogens with one attached hydrogen (secondary N) is 1. The van der Waals surface area contributed by atoms with Gasteiger partial charge in [-0.15, -0.1) is 0 Å². The molecule has 0 aliphatic heterocycles. The van der Waals surface area contributed by atoms with Gasteiger partial charge in [-0.1, -0.05) is 26.8 Å². The molecule has 0 aromatic rings. The second kappa shape index (κ2) is 5.81. The van der Waals surface area contributed by atoms with Crippen molar-refractivity contribution in [2.45, 2.75) is 34.1 Å². The highest BCUT2D eigenvalue weighted by Gasteiger charge is 2.08. The number of carbonyl (C=O) groups is 1. The molecule has 0 saturated heterocycles. The molecule has 0 aliphatic rings. The van der Waals surface area contributed by atoms with Crippen molar-refractivity contribution in [3.8, 4) is 0 Å². The third kappa shape index (κ3) is 7.80. The molecule has 0 fully saturated rings. The van der Waals surface area contributed by atoms with Gasteiger partial charge in [0.25, 0.3) is 0 Å². The number of carboxylic acid groups (broad SMARTS) is 1. The summed E-state index contributed by atoms with van der Waals surface area (Å²) in [6.07, 6.45) is 2.79. The maximum Gasteiger partial charge on any atom is 0.330 e. The molecular formula is C11H21NO2. The van der Waals surface area contributed by atoms with Crippen molar-refractivity contribution in [2.75, 3.05) is 13.1 Å². The van der Waals surface area contributed by atoms with Crippen LogP contribution in [0.5, 0.6) is 0 Å². The molecule has 2 N–H and O–H groups in total. The number of carboxylic acids is 1. The van der Waals surface area contributed by atoms with Crippen LogP contribution in [0.2, 0.25) is 0 Å². The zero-order valence-electron chi connectivity index (χ0n) is 9.55. The van der Waals surface area contributed by atoms with Gasteiger partial charge in [-0.25, -0.2) is 4.79 Å².